The topological polar surface area (TPSA) is 87.7 Å². The molecule has 1 aliphatic heterocycles. The summed E-state index contributed by atoms with van der Waals surface area (Å²) in [7, 11) is 0. The lowest BCUT2D eigenvalue weighted by atomic mass is 9.80. The highest BCUT2D eigenvalue weighted by molar-refractivity contribution is 5.78. The summed E-state index contributed by atoms with van der Waals surface area (Å²) >= 11 is 0. The first kappa shape index (κ1) is 15.3. The summed E-state index contributed by atoms with van der Waals surface area (Å²) < 4.78 is 5.20. The molecule has 0 aliphatic carbocycles. The van der Waals surface area contributed by atoms with Crippen LogP contribution < -0.4 is 10.6 Å². The van der Waals surface area contributed by atoms with Crippen LogP contribution in [0, 0.1) is 5.41 Å². The molecule has 0 bridgehead atoms. The minimum atomic E-state index is -0.914. The van der Waals surface area contributed by atoms with Crippen LogP contribution in [0.4, 0.5) is 4.79 Å². The molecular weight excluding hydrogens is 272 g/mol. The van der Waals surface area contributed by atoms with E-state index < -0.39 is 11.4 Å². The molecule has 6 nitrogen and oxygen atoms in total. The van der Waals surface area contributed by atoms with Crippen LogP contribution in [-0.2, 0) is 16.1 Å². The second kappa shape index (κ2) is 7.08. The number of carboxylic acids is 1. The average Bonchev–Trinajstić information content (AvgIpc) is 2.52. The molecular formula is C15H20N2O4. The first-order chi connectivity index (χ1) is 10.1. The summed E-state index contributed by atoms with van der Waals surface area (Å²) in [6.45, 7) is 1.36. The summed E-state index contributed by atoms with van der Waals surface area (Å²) in [5.74, 6) is -0.880. The maximum atomic E-state index is 11.8. The van der Waals surface area contributed by atoms with E-state index in [9.17, 15) is 14.7 Å². The number of carboxylic acid groups (broad SMARTS) is 1. The minimum absolute atomic E-state index is 0.117. The van der Waals surface area contributed by atoms with Gasteiger partial charge in [-0.1, -0.05) is 30.3 Å². The Labute approximate surface area is 123 Å². The van der Waals surface area contributed by atoms with E-state index in [0.717, 1.165) is 5.56 Å². The summed E-state index contributed by atoms with van der Waals surface area (Å²) in [6, 6.07) is 9.18. The number of benzene rings is 1. The summed E-state index contributed by atoms with van der Waals surface area (Å²) in [4.78, 5) is 23.2. The van der Waals surface area contributed by atoms with E-state index in [2.05, 4.69) is 10.6 Å². The van der Waals surface area contributed by atoms with Crippen molar-refractivity contribution in [2.45, 2.75) is 19.4 Å². The number of ether oxygens (including phenoxy) is 1. The lowest BCUT2D eigenvalue weighted by molar-refractivity contribution is -0.154. The summed E-state index contributed by atoms with van der Waals surface area (Å²) in [5.41, 5.74) is 0.0779. The predicted molar refractivity (Wildman–Crippen MR) is 76.8 cm³/mol. The Morgan fingerprint density at radius 1 is 1.14 bits per heavy atom. The first-order valence-electron chi connectivity index (χ1n) is 6.99. The van der Waals surface area contributed by atoms with Crippen molar-refractivity contribution in [1.29, 1.82) is 0 Å². The zero-order valence-electron chi connectivity index (χ0n) is 11.8. The summed E-state index contributed by atoms with van der Waals surface area (Å²) in [5, 5.41) is 14.8. The third kappa shape index (κ3) is 4.19. The number of aliphatic carboxylic acids is 1. The highest BCUT2D eigenvalue weighted by Crippen LogP contribution is 2.29. The van der Waals surface area contributed by atoms with E-state index >= 15 is 0 Å². The van der Waals surface area contributed by atoms with E-state index in [4.69, 9.17) is 4.74 Å². The van der Waals surface area contributed by atoms with Gasteiger partial charge in [-0.3, -0.25) is 4.79 Å². The van der Waals surface area contributed by atoms with Crippen molar-refractivity contribution in [1.82, 2.24) is 10.6 Å². The Morgan fingerprint density at radius 3 is 2.43 bits per heavy atom. The molecule has 3 N–H and O–H groups in total. The van der Waals surface area contributed by atoms with Crippen LogP contribution in [0.2, 0.25) is 0 Å². The quantitative estimate of drug-likeness (QED) is 0.765. The van der Waals surface area contributed by atoms with Crippen LogP contribution in [0.1, 0.15) is 18.4 Å². The Balaban J connectivity index is 1.80. The van der Waals surface area contributed by atoms with E-state index in [0.29, 0.717) is 32.6 Å². The number of carbonyl (C=O) groups excluding carboxylic acids is 1. The van der Waals surface area contributed by atoms with Crippen molar-refractivity contribution in [3.05, 3.63) is 35.9 Å². The maximum Gasteiger partial charge on any atom is 0.315 e. The third-order valence-corrected chi connectivity index (χ3v) is 3.79. The van der Waals surface area contributed by atoms with Crippen LogP contribution >= 0.6 is 0 Å². The third-order valence-electron chi connectivity index (χ3n) is 3.79. The molecule has 6 heteroatoms. The molecule has 2 rings (SSSR count). The second-order valence-corrected chi connectivity index (χ2v) is 5.22. The average molecular weight is 292 g/mol. The molecule has 0 spiro atoms. The van der Waals surface area contributed by atoms with Gasteiger partial charge in [-0.25, -0.2) is 4.79 Å². The summed E-state index contributed by atoms with van der Waals surface area (Å²) in [6.07, 6.45) is 0.836. The Kier molecular flexibility index (Phi) is 5.16. The normalized spacial score (nSPS) is 17.0. The van der Waals surface area contributed by atoms with Gasteiger partial charge in [0, 0.05) is 26.3 Å². The zero-order chi connectivity index (χ0) is 15.1. The largest absolute Gasteiger partial charge is 0.481 e. The number of hydrogen-bond acceptors (Lipinski definition) is 3. The molecule has 0 saturated carbocycles. The molecule has 1 aromatic carbocycles. The van der Waals surface area contributed by atoms with Crippen LogP contribution in [-0.4, -0.2) is 36.9 Å². The van der Waals surface area contributed by atoms with Gasteiger partial charge in [-0.2, -0.15) is 0 Å². The van der Waals surface area contributed by atoms with Crippen molar-refractivity contribution >= 4 is 12.0 Å². The molecule has 0 aromatic heterocycles. The fraction of sp³-hybridized carbons (Fsp3) is 0.467. The van der Waals surface area contributed by atoms with E-state index in [1.54, 1.807) is 0 Å². The molecule has 1 aromatic rings. The second-order valence-electron chi connectivity index (χ2n) is 5.22. The molecule has 2 amide bonds. The Hall–Kier alpha value is -2.08. The Bertz CT molecular complexity index is 484. The van der Waals surface area contributed by atoms with Crippen LogP contribution in [0.25, 0.3) is 0 Å². The molecule has 1 fully saturated rings. The molecule has 21 heavy (non-hydrogen) atoms. The highest BCUT2D eigenvalue weighted by Gasteiger charge is 2.40. The number of hydrogen-bond donors (Lipinski definition) is 3. The predicted octanol–water partition coefficient (Wildman–Crippen LogP) is 1.37. The first-order valence-corrected chi connectivity index (χ1v) is 6.99. The van der Waals surface area contributed by atoms with Gasteiger partial charge in [0.25, 0.3) is 0 Å². The van der Waals surface area contributed by atoms with E-state index in [-0.39, 0.29) is 12.6 Å². The lowest BCUT2D eigenvalue weighted by Crippen LogP contribution is -2.48. The van der Waals surface area contributed by atoms with Crippen LogP contribution in [0.3, 0.4) is 0 Å². The zero-order valence-corrected chi connectivity index (χ0v) is 11.8. The van der Waals surface area contributed by atoms with Crippen molar-refractivity contribution in [2.24, 2.45) is 5.41 Å². The smallest absolute Gasteiger partial charge is 0.315 e. The lowest BCUT2D eigenvalue weighted by Gasteiger charge is -2.33. The maximum absolute atomic E-state index is 11.8. The number of carbonyl (C=O) groups is 2. The molecule has 1 aliphatic rings. The SMILES string of the molecule is O=C(NCc1ccccc1)NCC1(C(=O)O)CCOCC1. The standard InChI is InChI=1S/C15H20N2O4/c18-13(19)15(6-8-21-9-7-15)11-17-14(20)16-10-12-4-2-1-3-5-12/h1-5H,6-11H2,(H,18,19)(H2,16,17,20). The van der Waals surface area contributed by atoms with Gasteiger partial charge in [0.1, 0.15) is 0 Å². The van der Waals surface area contributed by atoms with Gasteiger partial charge < -0.3 is 20.5 Å². The van der Waals surface area contributed by atoms with Gasteiger partial charge in [0.15, 0.2) is 0 Å². The van der Waals surface area contributed by atoms with Crippen LogP contribution in [0.15, 0.2) is 30.3 Å². The van der Waals surface area contributed by atoms with Gasteiger partial charge in [-0.15, -0.1) is 0 Å². The van der Waals surface area contributed by atoms with Crippen molar-refractivity contribution in [3.8, 4) is 0 Å². The minimum Gasteiger partial charge on any atom is -0.481 e. The van der Waals surface area contributed by atoms with E-state index in [1.165, 1.54) is 0 Å². The molecule has 0 radical (unpaired) electrons. The number of nitrogens with one attached hydrogen (secondary N) is 2. The molecule has 1 heterocycles. The molecule has 114 valence electrons. The van der Waals surface area contributed by atoms with Crippen molar-refractivity contribution < 1.29 is 19.4 Å². The molecule has 0 unspecified atom stereocenters. The van der Waals surface area contributed by atoms with Gasteiger partial charge in [0.05, 0.1) is 5.41 Å². The fourth-order valence-electron chi connectivity index (χ4n) is 2.32. The molecule has 1 saturated heterocycles. The Morgan fingerprint density at radius 2 is 1.81 bits per heavy atom. The number of urea groups is 1. The van der Waals surface area contributed by atoms with Gasteiger partial charge in [-0.05, 0) is 18.4 Å². The monoisotopic (exact) mass is 292 g/mol. The van der Waals surface area contributed by atoms with Crippen molar-refractivity contribution in [2.75, 3.05) is 19.8 Å². The van der Waals surface area contributed by atoms with Crippen molar-refractivity contribution in [3.63, 3.8) is 0 Å². The van der Waals surface area contributed by atoms with E-state index in [1.807, 2.05) is 30.3 Å². The fourth-order valence-corrected chi connectivity index (χ4v) is 2.32. The number of amides is 2. The highest BCUT2D eigenvalue weighted by atomic mass is 16.5. The van der Waals surface area contributed by atoms with Crippen LogP contribution in [0.5, 0.6) is 0 Å². The van der Waals surface area contributed by atoms with Gasteiger partial charge >= 0.3 is 12.0 Å². The van der Waals surface area contributed by atoms with Gasteiger partial charge in [0.2, 0.25) is 0 Å². The number of rotatable bonds is 5. The molecule has 0 atom stereocenters.